The van der Waals surface area contributed by atoms with Gasteiger partial charge in [-0.05, 0) is 18.9 Å². The Labute approximate surface area is 136 Å². The number of carbonyl (C=O) groups is 2. The predicted octanol–water partition coefficient (Wildman–Crippen LogP) is 2.00. The number of carbonyl (C=O) groups excluding carboxylic acids is 1. The number of amides is 1. The van der Waals surface area contributed by atoms with E-state index in [4.69, 9.17) is 21.4 Å². The standard InChI is InChI=1S/C14H15ClN2O6/c15-11-7-9(17(21)22)1-2-10(11)13(20)16-14(8-12(18)19)3-5-23-6-4-14/h1-2,7H,3-6,8H2,(H,16,20)(H,18,19). The Morgan fingerprint density at radius 3 is 2.57 bits per heavy atom. The van der Waals surface area contributed by atoms with Crippen molar-refractivity contribution in [3.8, 4) is 0 Å². The van der Waals surface area contributed by atoms with Crippen molar-refractivity contribution < 1.29 is 24.4 Å². The molecule has 0 aromatic heterocycles. The van der Waals surface area contributed by atoms with Crippen LogP contribution in [0.4, 0.5) is 5.69 Å². The van der Waals surface area contributed by atoms with Crippen LogP contribution in [0.25, 0.3) is 0 Å². The Morgan fingerprint density at radius 1 is 1.39 bits per heavy atom. The topological polar surface area (TPSA) is 119 Å². The lowest BCUT2D eigenvalue weighted by Crippen LogP contribution is -2.53. The fraction of sp³-hybridized carbons (Fsp3) is 0.429. The summed E-state index contributed by atoms with van der Waals surface area (Å²) in [6.45, 7) is 0.698. The van der Waals surface area contributed by atoms with Gasteiger partial charge in [0.15, 0.2) is 0 Å². The third kappa shape index (κ3) is 4.17. The van der Waals surface area contributed by atoms with E-state index in [1.165, 1.54) is 12.1 Å². The van der Waals surface area contributed by atoms with Gasteiger partial charge in [0.25, 0.3) is 11.6 Å². The minimum atomic E-state index is -1.03. The summed E-state index contributed by atoms with van der Waals surface area (Å²) >= 11 is 5.93. The predicted molar refractivity (Wildman–Crippen MR) is 80.6 cm³/mol. The summed E-state index contributed by atoms with van der Waals surface area (Å²) in [7, 11) is 0. The van der Waals surface area contributed by atoms with Gasteiger partial charge in [-0.3, -0.25) is 19.7 Å². The van der Waals surface area contributed by atoms with Crippen LogP contribution in [-0.4, -0.2) is 40.7 Å². The second kappa shape index (κ2) is 6.93. The van der Waals surface area contributed by atoms with E-state index < -0.39 is 22.3 Å². The van der Waals surface area contributed by atoms with E-state index in [0.29, 0.717) is 26.1 Å². The summed E-state index contributed by atoms with van der Waals surface area (Å²) in [5.74, 6) is -1.59. The quantitative estimate of drug-likeness (QED) is 0.624. The molecule has 1 saturated heterocycles. The summed E-state index contributed by atoms with van der Waals surface area (Å²) in [6, 6.07) is 3.52. The van der Waals surface area contributed by atoms with Gasteiger partial charge < -0.3 is 15.2 Å². The Kier molecular flexibility index (Phi) is 5.17. The number of non-ortho nitro benzene ring substituents is 1. The van der Waals surface area contributed by atoms with Crippen LogP contribution >= 0.6 is 11.6 Å². The van der Waals surface area contributed by atoms with Crippen molar-refractivity contribution in [2.75, 3.05) is 13.2 Å². The molecule has 0 saturated carbocycles. The smallest absolute Gasteiger partial charge is 0.305 e. The number of hydrogen-bond donors (Lipinski definition) is 2. The first-order valence-corrected chi connectivity index (χ1v) is 7.27. The monoisotopic (exact) mass is 342 g/mol. The number of hydrogen-bond acceptors (Lipinski definition) is 5. The molecule has 23 heavy (non-hydrogen) atoms. The van der Waals surface area contributed by atoms with E-state index in [1.807, 2.05) is 0 Å². The highest BCUT2D eigenvalue weighted by Gasteiger charge is 2.37. The maximum atomic E-state index is 12.4. The van der Waals surface area contributed by atoms with E-state index in [0.717, 1.165) is 6.07 Å². The number of benzene rings is 1. The lowest BCUT2D eigenvalue weighted by molar-refractivity contribution is -0.384. The van der Waals surface area contributed by atoms with Crippen LogP contribution < -0.4 is 5.32 Å². The van der Waals surface area contributed by atoms with E-state index in [1.54, 1.807) is 0 Å². The van der Waals surface area contributed by atoms with Crippen LogP contribution in [0.2, 0.25) is 5.02 Å². The van der Waals surface area contributed by atoms with Gasteiger partial charge in [-0.15, -0.1) is 0 Å². The molecule has 1 aromatic rings. The van der Waals surface area contributed by atoms with Crippen molar-refractivity contribution in [2.24, 2.45) is 0 Å². The Bertz CT molecular complexity index is 642. The Hall–Kier alpha value is -2.19. The number of nitrogens with zero attached hydrogens (tertiary/aromatic N) is 1. The maximum absolute atomic E-state index is 12.4. The first-order valence-electron chi connectivity index (χ1n) is 6.89. The molecule has 1 aliphatic heterocycles. The molecule has 1 amide bonds. The van der Waals surface area contributed by atoms with Gasteiger partial charge in [-0.25, -0.2) is 0 Å². The molecular formula is C14H15ClN2O6. The van der Waals surface area contributed by atoms with Crippen LogP contribution in [0.5, 0.6) is 0 Å². The minimum Gasteiger partial charge on any atom is -0.481 e. The van der Waals surface area contributed by atoms with Crippen molar-refractivity contribution in [1.29, 1.82) is 0 Å². The Morgan fingerprint density at radius 2 is 2.04 bits per heavy atom. The molecule has 1 aromatic carbocycles. The first kappa shape index (κ1) is 17.2. The van der Waals surface area contributed by atoms with Crippen molar-refractivity contribution in [3.63, 3.8) is 0 Å². The number of nitro benzene ring substituents is 1. The third-order valence-corrected chi connectivity index (χ3v) is 4.04. The second-order valence-electron chi connectivity index (χ2n) is 5.34. The molecule has 0 bridgehead atoms. The van der Waals surface area contributed by atoms with Gasteiger partial charge >= 0.3 is 5.97 Å². The molecule has 0 atom stereocenters. The van der Waals surface area contributed by atoms with Gasteiger partial charge in [0.1, 0.15) is 0 Å². The lowest BCUT2D eigenvalue weighted by Gasteiger charge is -2.36. The van der Waals surface area contributed by atoms with Crippen LogP contribution in [0.1, 0.15) is 29.6 Å². The van der Waals surface area contributed by atoms with Crippen LogP contribution in [-0.2, 0) is 9.53 Å². The molecule has 2 rings (SSSR count). The van der Waals surface area contributed by atoms with Gasteiger partial charge in [0.05, 0.1) is 27.5 Å². The molecule has 124 valence electrons. The number of carboxylic acids is 1. The molecule has 2 N–H and O–H groups in total. The van der Waals surface area contributed by atoms with Crippen molar-refractivity contribution in [2.45, 2.75) is 24.8 Å². The minimum absolute atomic E-state index is 0.0609. The summed E-state index contributed by atoms with van der Waals surface area (Å²) in [6.07, 6.45) is 0.512. The van der Waals surface area contributed by atoms with Crippen molar-refractivity contribution >= 4 is 29.2 Å². The number of halogens is 1. The summed E-state index contributed by atoms with van der Waals surface area (Å²) in [4.78, 5) is 33.6. The molecular weight excluding hydrogens is 328 g/mol. The van der Waals surface area contributed by atoms with Crippen molar-refractivity contribution in [1.82, 2.24) is 5.32 Å². The highest BCUT2D eigenvalue weighted by molar-refractivity contribution is 6.34. The van der Waals surface area contributed by atoms with Gasteiger partial charge in [0, 0.05) is 25.3 Å². The number of nitro groups is 1. The van der Waals surface area contributed by atoms with Crippen LogP contribution in [0.15, 0.2) is 18.2 Å². The second-order valence-corrected chi connectivity index (χ2v) is 5.75. The molecule has 0 spiro atoms. The van der Waals surface area contributed by atoms with Gasteiger partial charge in [-0.2, -0.15) is 0 Å². The number of aliphatic carboxylic acids is 1. The number of carboxylic acid groups (broad SMARTS) is 1. The van der Waals surface area contributed by atoms with E-state index in [2.05, 4.69) is 5.32 Å². The molecule has 0 radical (unpaired) electrons. The highest BCUT2D eigenvalue weighted by atomic mass is 35.5. The molecule has 8 nitrogen and oxygen atoms in total. The van der Waals surface area contributed by atoms with Crippen LogP contribution in [0.3, 0.4) is 0 Å². The fourth-order valence-corrected chi connectivity index (χ4v) is 2.77. The van der Waals surface area contributed by atoms with E-state index in [-0.39, 0.29) is 22.7 Å². The summed E-state index contributed by atoms with van der Waals surface area (Å²) in [5, 5.41) is 22.4. The molecule has 0 aliphatic carbocycles. The van der Waals surface area contributed by atoms with E-state index in [9.17, 15) is 19.7 Å². The fourth-order valence-electron chi connectivity index (χ4n) is 2.51. The normalized spacial score (nSPS) is 16.6. The average Bonchev–Trinajstić information content (AvgIpc) is 2.46. The molecule has 1 fully saturated rings. The van der Waals surface area contributed by atoms with Gasteiger partial charge in [0.2, 0.25) is 0 Å². The van der Waals surface area contributed by atoms with Crippen LogP contribution in [0, 0.1) is 10.1 Å². The van der Waals surface area contributed by atoms with E-state index >= 15 is 0 Å². The zero-order valence-corrected chi connectivity index (χ0v) is 12.8. The zero-order valence-electron chi connectivity index (χ0n) is 12.1. The summed E-state index contributed by atoms with van der Waals surface area (Å²) < 4.78 is 5.21. The number of rotatable bonds is 5. The molecule has 9 heteroatoms. The molecule has 0 unspecified atom stereocenters. The lowest BCUT2D eigenvalue weighted by atomic mass is 9.86. The highest BCUT2D eigenvalue weighted by Crippen LogP contribution is 2.27. The van der Waals surface area contributed by atoms with Gasteiger partial charge in [-0.1, -0.05) is 11.6 Å². The molecule has 1 aliphatic rings. The molecule has 1 heterocycles. The third-order valence-electron chi connectivity index (χ3n) is 3.73. The Balaban J connectivity index is 2.21. The largest absolute Gasteiger partial charge is 0.481 e. The number of nitrogens with one attached hydrogen (secondary N) is 1. The SMILES string of the molecule is O=C(O)CC1(NC(=O)c2ccc([N+](=O)[O-])cc2Cl)CCOCC1. The number of ether oxygens (including phenoxy) is 1. The zero-order chi connectivity index (χ0) is 17.0. The summed E-state index contributed by atoms with van der Waals surface area (Å²) in [5.41, 5.74) is -1.07. The average molecular weight is 343 g/mol. The maximum Gasteiger partial charge on any atom is 0.305 e. The van der Waals surface area contributed by atoms with Crippen molar-refractivity contribution in [3.05, 3.63) is 38.9 Å². The first-order chi connectivity index (χ1) is 10.8.